The van der Waals surface area contributed by atoms with Crippen molar-refractivity contribution in [2.45, 2.75) is 26.7 Å². The van der Waals surface area contributed by atoms with Gasteiger partial charge in [0.1, 0.15) is 34.7 Å². The summed E-state index contributed by atoms with van der Waals surface area (Å²) in [6, 6.07) is 5.24. The average Bonchev–Trinajstić information content (AvgIpc) is 2.72. The van der Waals surface area contributed by atoms with E-state index in [-0.39, 0.29) is 11.1 Å². The molecule has 0 saturated heterocycles. The van der Waals surface area contributed by atoms with Crippen molar-refractivity contribution in [3.05, 3.63) is 56.1 Å². The number of hydrogen-bond acceptors (Lipinski definition) is 6. The van der Waals surface area contributed by atoms with Gasteiger partial charge in [0.2, 0.25) is 5.88 Å². The Morgan fingerprint density at radius 3 is 2.41 bits per heavy atom. The largest absolute Gasteiger partial charge is 0.491 e. The Morgan fingerprint density at radius 2 is 1.75 bits per heavy atom. The molecule has 10 heteroatoms. The molecule has 0 spiro atoms. The van der Waals surface area contributed by atoms with E-state index in [0.29, 0.717) is 51.9 Å². The van der Waals surface area contributed by atoms with Crippen LogP contribution in [0.5, 0.6) is 17.4 Å². The number of pyridine rings is 1. The van der Waals surface area contributed by atoms with E-state index in [2.05, 4.69) is 10.1 Å². The predicted octanol–water partition coefficient (Wildman–Crippen LogP) is 7.00. The summed E-state index contributed by atoms with van der Waals surface area (Å²) >= 11 is 23.8. The fourth-order valence-corrected chi connectivity index (χ4v) is 3.29. The van der Waals surface area contributed by atoms with Gasteiger partial charge < -0.3 is 19.0 Å². The molecule has 6 nitrogen and oxygen atoms in total. The Bertz CT molecular complexity index is 963. The van der Waals surface area contributed by atoms with Crippen LogP contribution in [-0.4, -0.2) is 37.6 Å². The van der Waals surface area contributed by atoms with Gasteiger partial charge in [-0.3, -0.25) is 0 Å². The number of aromatic nitrogens is 1. The lowest BCUT2D eigenvalue weighted by atomic mass is 10.1. The van der Waals surface area contributed by atoms with Gasteiger partial charge >= 0.3 is 0 Å². The third kappa shape index (κ3) is 8.58. The van der Waals surface area contributed by atoms with E-state index >= 15 is 0 Å². The summed E-state index contributed by atoms with van der Waals surface area (Å²) in [7, 11) is 1.47. The highest BCUT2D eigenvalue weighted by atomic mass is 35.5. The second kappa shape index (κ2) is 13.6. The first-order valence-electron chi connectivity index (χ1n) is 9.75. The summed E-state index contributed by atoms with van der Waals surface area (Å²) in [4.78, 5) is 9.08. The van der Waals surface area contributed by atoms with Gasteiger partial charge in [-0.1, -0.05) is 51.6 Å². The van der Waals surface area contributed by atoms with Crippen molar-refractivity contribution in [2.24, 2.45) is 5.16 Å². The van der Waals surface area contributed by atoms with Crippen LogP contribution in [0.25, 0.3) is 0 Å². The van der Waals surface area contributed by atoms with E-state index in [1.807, 2.05) is 13.0 Å². The van der Waals surface area contributed by atoms with Gasteiger partial charge in [-0.05, 0) is 50.5 Å². The highest BCUT2D eigenvalue weighted by molar-refractivity contribution is 6.55. The highest BCUT2D eigenvalue weighted by Crippen LogP contribution is 2.34. The minimum absolute atomic E-state index is 0.123. The Morgan fingerprint density at radius 1 is 1.03 bits per heavy atom. The SMILES string of the molecule is CO/N=C(\C)c1cc(OCC=C(Cl)Cl)cc(Cl)c1OCCCCOc1ncc(C)cc1Cl. The zero-order chi connectivity index (χ0) is 23.5. The van der Waals surface area contributed by atoms with Crippen LogP contribution < -0.4 is 14.2 Å². The molecule has 0 atom stereocenters. The van der Waals surface area contributed by atoms with Crippen molar-refractivity contribution in [3.8, 4) is 17.4 Å². The molecule has 0 amide bonds. The van der Waals surface area contributed by atoms with Gasteiger partial charge in [0.15, 0.2) is 0 Å². The summed E-state index contributed by atoms with van der Waals surface area (Å²) in [6.07, 6.45) is 4.72. The normalized spacial score (nSPS) is 11.2. The molecule has 2 aromatic rings. The van der Waals surface area contributed by atoms with Crippen LogP contribution in [0.4, 0.5) is 0 Å². The molecule has 1 heterocycles. The minimum atomic E-state index is 0.123. The van der Waals surface area contributed by atoms with Crippen molar-refractivity contribution < 1.29 is 19.0 Å². The number of nitrogens with zero attached hydrogens (tertiary/aromatic N) is 2. The summed E-state index contributed by atoms with van der Waals surface area (Å²) in [6.45, 7) is 4.79. The monoisotopic (exact) mass is 520 g/mol. The molecule has 0 fully saturated rings. The number of hydrogen-bond donors (Lipinski definition) is 0. The fourth-order valence-electron chi connectivity index (χ4n) is 2.63. The molecule has 0 aliphatic heterocycles. The smallest absolute Gasteiger partial charge is 0.232 e. The molecule has 0 radical (unpaired) electrons. The van der Waals surface area contributed by atoms with Gasteiger partial charge in [-0.2, -0.15) is 0 Å². The Balaban J connectivity index is 1.96. The van der Waals surface area contributed by atoms with Gasteiger partial charge in [0, 0.05) is 17.8 Å². The third-order valence-corrected chi connectivity index (χ3v) is 4.95. The summed E-state index contributed by atoms with van der Waals surface area (Å²) in [5, 5.41) is 4.86. The van der Waals surface area contributed by atoms with Gasteiger partial charge in [0.05, 0.1) is 23.9 Å². The number of benzene rings is 1. The van der Waals surface area contributed by atoms with E-state index < -0.39 is 0 Å². The topological polar surface area (TPSA) is 62.2 Å². The second-order valence-electron chi connectivity index (χ2n) is 6.65. The average molecular weight is 522 g/mol. The molecule has 0 aliphatic rings. The van der Waals surface area contributed by atoms with E-state index in [9.17, 15) is 0 Å². The third-order valence-electron chi connectivity index (χ3n) is 4.09. The molecular formula is C22H24Cl4N2O4. The Kier molecular flexibility index (Phi) is 11.2. The van der Waals surface area contributed by atoms with E-state index in [0.717, 1.165) is 18.4 Å². The van der Waals surface area contributed by atoms with Crippen LogP contribution in [0.1, 0.15) is 30.9 Å². The van der Waals surface area contributed by atoms with Crippen LogP contribution in [0.15, 0.2) is 40.1 Å². The lowest BCUT2D eigenvalue weighted by Crippen LogP contribution is -2.07. The molecule has 0 aliphatic carbocycles. The standard InChI is InChI=1S/C22H24Cl4N2O4/c1-14-10-19(24)22(27-13-14)32-8-5-4-7-31-21-17(15(2)28-29-3)11-16(12-18(21)23)30-9-6-20(25)26/h6,10-13H,4-5,7-9H2,1-3H3/b28-15+. The number of oxime groups is 1. The van der Waals surface area contributed by atoms with Crippen molar-refractivity contribution >= 4 is 52.1 Å². The van der Waals surface area contributed by atoms with Crippen LogP contribution in [0.3, 0.4) is 0 Å². The Labute approximate surface area is 208 Å². The molecule has 0 unspecified atom stereocenters. The van der Waals surface area contributed by atoms with Gasteiger partial charge in [0.25, 0.3) is 0 Å². The second-order valence-corrected chi connectivity index (χ2v) is 8.47. The number of unbranched alkanes of at least 4 members (excludes halogenated alkanes) is 1. The summed E-state index contributed by atoms with van der Waals surface area (Å²) in [5.74, 6) is 1.44. The van der Waals surface area contributed by atoms with Crippen molar-refractivity contribution in [3.63, 3.8) is 0 Å². The maximum atomic E-state index is 6.45. The van der Waals surface area contributed by atoms with Crippen LogP contribution >= 0.6 is 46.4 Å². The number of rotatable bonds is 12. The number of aryl methyl sites for hydroxylation is 1. The highest BCUT2D eigenvalue weighted by Gasteiger charge is 2.15. The molecule has 1 aromatic heterocycles. The maximum Gasteiger partial charge on any atom is 0.232 e. The van der Waals surface area contributed by atoms with Crippen molar-refractivity contribution in [2.75, 3.05) is 26.9 Å². The van der Waals surface area contributed by atoms with E-state index in [1.54, 1.807) is 25.3 Å². The van der Waals surface area contributed by atoms with Crippen molar-refractivity contribution in [1.82, 2.24) is 4.98 Å². The molecule has 1 aromatic carbocycles. The lowest BCUT2D eigenvalue weighted by molar-refractivity contribution is 0.213. The summed E-state index contributed by atoms with van der Waals surface area (Å²) < 4.78 is 17.3. The number of ether oxygens (including phenoxy) is 3. The molecular weight excluding hydrogens is 498 g/mol. The number of halogens is 4. The summed E-state index contributed by atoms with van der Waals surface area (Å²) in [5.41, 5.74) is 2.22. The van der Waals surface area contributed by atoms with Crippen LogP contribution in [0.2, 0.25) is 10.0 Å². The Hall–Kier alpha value is -1.86. The molecule has 32 heavy (non-hydrogen) atoms. The fraction of sp³-hybridized carbons (Fsp3) is 0.364. The molecule has 174 valence electrons. The first kappa shape index (κ1) is 26.4. The first-order valence-corrected chi connectivity index (χ1v) is 11.3. The van der Waals surface area contributed by atoms with Gasteiger partial charge in [-0.25, -0.2) is 4.98 Å². The molecule has 0 saturated carbocycles. The van der Waals surface area contributed by atoms with Crippen molar-refractivity contribution in [1.29, 1.82) is 0 Å². The minimum Gasteiger partial charge on any atom is -0.491 e. The van der Waals surface area contributed by atoms with E-state index in [1.165, 1.54) is 13.2 Å². The zero-order valence-electron chi connectivity index (χ0n) is 18.0. The quantitative estimate of drug-likeness (QED) is 0.171. The van der Waals surface area contributed by atoms with Crippen LogP contribution in [0, 0.1) is 6.92 Å². The van der Waals surface area contributed by atoms with Gasteiger partial charge in [-0.15, -0.1) is 0 Å². The van der Waals surface area contributed by atoms with Crippen LogP contribution in [-0.2, 0) is 4.84 Å². The first-order chi connectivity index (χ1) is 15.3. The molecule has 2 rings (SSSR count). The maximum absolute atomic E-state index is 6.45. The van der Waals surface area contributed by atoms with E-state index in [4.69, 9.17) is 65.5 Å². The predicted molar refractivity (Wildman–Crippen MR) is 130 cm³/mol. The molecule has 0 N–H and O–H groups in total. The lowest BCUT2D eigenvalue weighted by Gasteiger charge is -2.15. The zero-order valence-corrected chi connectivity index (χ0v) is 21.0. The molecule has 0 bridgehead atoms.